The van der Waals surface area contributed by atoms with Crippen molar-refractivity contribution in [3.05, 3.63) is 78.0 Å². The van der Waals surface area contributed by atoms with Gasteiger partial charge in [0.2, 0.25) is 12.3 Å². The normalized spacial score (nSPS) is 17.9. The highest BCUT2D eigenvalue weighted by molar-refractivity contribution is 6.06. The summed E-state index contributed by atoms with van der Waals surface area (Å²) in [6.07, 6.45) is 4.20. The molecule has 0 unspecified atom stereocenters. The minimum absolute atomic E-state index is 0.0258. The van der Waals surface area contributed by atoms with Gasteiger partial charge in [-0.1, -0.05) is 37.3 Å². The van der Waals surface area contributed by atoms with Crippen molar-refractivity contribution in [1.29, 1.82) is 0 Å². The van der Waals surface area contributed by atoms with Crippen LogP contribution in [0.3, 0.4) is 0 Å². The molecule has 46 heavy (non-hydrogen) atoms. The van der Waals surface area contributed by atoms with E-state index in [0.29, 0.717) is 38.0 Å². The fraction of sp³-hybridized carbons (Fsp3) is 0.286. The maximum absolute atomic E-state index is 12.5. The smallest absolute Gasteiger partial charge is 0.242 e. The van der Waals surface area contributed by atoms with Crippen LogP contribution in [0.1, 0.15) is 43.1 Å². The highest BCUT2D eigenvalue weighted by Gasteiger charge is 2.46. The van der Waals surface area contributed by atoms with Gasteiger partial charge in [0.15, 0.2) is 6.17 Å². The lowest BCUT2D eigenvalue weighted by atomic mass is 9.92. The lowest BCUT2D eigenvalue weighted by Gasteiger charge is -2.22. The Bertz CT molecular complexity index is 2030. The molecule has 0 spiro atoms. The number of carbonyl (C=O) groups excluding carboxylic acids is 2. The number of hydrogen-bond acceptors (Lipinski definition) is 7. The minimum atomic E-state index is -0.144. The molecule has 1 aliphatic carbocycles. The second-order valence-electron chi connectivity index (χ2n) is 12.2. The SMILES string of the molecule is CCCN(Cc1ncc(-c2ccc3c(c2)COc2cc(-c4ccc5nc([C@@H]6N=C7C[C@H]7N6C)[nH]c5c4)ccc2-3)[nH]1)C(=O)CNC=O. The van der Waals surface area contributed by atoms with E-state index in [1.54, 1.807) is 11.1 Å². The van der Waals surface area contributed by atoms with Gasteiger partial charge in [0, 0.05) is 24.2 Å². The van der Waals surface area contributed by atoms with Crippen molar-refractivity contribution < 1.29 is 14.3 Å². The van der Waals surface area contributed by atoms with Gasteiger partial charge in [-0.05, 0) is 65.6 Å². The summed E-state index contributed by atoms with van der Waals surface area (Å²) in [6, 6.07) is 19.6. The van der Waals surface area contributed by atoms with Gasteiger partial charge >= 0.3 is 0 Å². The molecule has 0 saturated heterocycles. The molecule has 5 aromatic rings. The van der Waals surface area contributed by atoms with Crippen molar-refractivity contribution >= 4 is 29.1 Å². The zero-order chi connectivity index (χ0) is 31.4. The van der Waals surface area contributed by atoms with Crippen LogP contribution in [0.2, 0.25) is 0 Å². The van der Waals surface area contributed by atoms with Gasteiger partial charge in [0.05, 0.1) is 42.1 Å². The van der Waals surface area contributed by atoms with E-state index in [9.17, 15) is 9.59 Å². The molecule has 2 aromatic heterocycles. The largest absolute Gasteiger partial charge is 0.488 e. The Labute approximate surface area is 265 Å². The van der Waals surface area contributed by atoms with Crippen molar-refractivity contribution in [3.8, 4) is 39.3 Å². The number of amides is 2. The highest BCUT2D eigenvalue weighted by Crippen LogP contribution is 2.42. The summed E-state index contributed by atoms with van der Waals surface area (Å²) in [6.45, 7) is 3.38. The molecule has 8 rings (SSSR count). The Hall–Kier alpha value is -5.29. The van der Waals surface area contributed by atoms with Gasteiger partial charge in [-0.25, -0.2) is 9.97 Å². The summed E-state index contributed by atoms with van der Waals surface area (Å²) < 4.78 is 6.29. The molecular formula is C35H34N8O3. The average molecular weight is 615 g/mol. The Kier molecular flexibility index (Phi) is 6.90. The third-order valence-corrected chi connectivity index (χ3v) is 9.09. The second kappa shape index (κ2) is 11.3. The van der Waals surface area contributed by atoms with E-state index in [1.165, 1.54) is 5.71 Å². The summed E-state index contributed by atoms with van der Waals surface area (Å²) in [5.41, 5.74) is 10.6. The maximum atomic E-state index is 12.5. The standard InChI is InChI=1S/C35H34N8O3/c1-3-10-43(33(45)16-36-19-44)17-32-37-15-29(38-32)22-5-7-24-23(11-22)18-46-31-13-21(4-8-25(24)31)20-6-9-26-27(12-20)40-34(39-26)35-41-28-14-30(28)42(35)2/h4-9,11-13,15,19,30,35H,3,10,14,16-18H2,1-2H3,(H,36,44)(H,37,38)(H,39,40)/t30-,35-/m1/s1. The summed E-state index contributed by atoms with van der Waals surface area (Å²) in [4.78, 5) is 48.2. The van der Waals surface area contributed by atoms with Crippen molar-refractivity contribution in [1.82, 2.24) is 35.1 Å². The van der Waals surface area contributed by atoms with E-state index in [-0.39, 0.29) is 18.6 Å². The molecule has 1 saturated carbocycles. The second-order valence-corrected chi connectivity index (χ2v) is 12.2. The molecule has 3 aromatic carbocycles. The topological polar surface area (TPSA) is 132 Å². The molecule has 3 N–H and O–H groups in total. The molecule has 11 heteroatoms. The van der Waals surface area contributed by atoms with E-state index in [0.717, 1.165) is 74.5 Å². The Morgan fingerprint density at radius 3 is 2.74 bits per heavy atom. The zero-order valence-electron chi connectivity index (χ0n) is 25.7. The Balaban J connectivity index is 1.00. The maximum Gasteiger partial charge on any atom is 0.242 e. The lowest BCUT2D eigenvalue weighted by molar-refractivity contribution is -0.132. The summed E-state index contributed by atoms with van der Waals surface area (Å²) in [5, 5.41) is 2.45. The van der Waals surface area contributed by atoms with Crippen LogP contribution in [0.5, 0.6) is 5.75 Å². The van der Waals surface area contributed by atoms with E-state index >= 15 is 0 Å². The molecule has 3 aliphatic rings. The van der Waals surface area contributed by atoms with Crippen LogP contribution < -0.4 is 10.1 Å². The van der Waals surface area contributed by atoms with Crippen molar-refractivity contribution in [2.75, 3.05) is 20.1 Å². The number of aliphatic imine (C=N–C) groups is 1. The van der Waals surface area contributed by atoms with Crippen LogP contribution in [0, 0.1) is 0 Å². The predicted molar refractivity (Wildman–Crippen MR) is 175 cm³/mol. The first-order chi connectivity index (χ1) is 22.5. The van der Waals surface area contributed by atoms with Crippen LogP contribution in [0.15, 0.2) is 65.8 Å². The number of aromatic amines is 2. The third kappa shape index (κ3) is 5.02. The number of fused-ring (bicyclic) bond motifs is 5. The van der Waals surface area contributed by atoms with Crippen LogP contribution in [-0.4, -0.2) is 73.9 Å². The lowest BCUT2D eigenvalue weighted by Crippen LogP contribution is -2.38. The number of nitrogens with one attached hydrogen (secondary N) is 3. The molecule has 11 nitrogen and oxygen atoms in total. The third-order valence-electron chi connectivity index (χ3n) is 9.09. The first-order valence-corrected chi connectivity index (χ1v) is 15.7. The first-order valence-electron chi connectivity index (χ1n) is 15.7. The average Bonchev–Trinajstić information content (AvgIpc) is 3.34. The van der Waals surface area contributed by atoms with Crippen molar-refractivity contribution in [3.63, 3.8) is 0 Å². The monoisotopic (exact) mass is 614 g/mol. The quantitative estimate of drug-likeness (QED) is 0.193. The summed E-state index contributed by atoms with van der Waals surface area (Å²) in [7, 11) is 2.11. The molecular weight excluding hydrogens is 580 g/mol. The van der Waals surface area contributed by atoms with Crippen molar-refractivity contribution in [2.24, 2.45) is 4.99 Å². The summed E-state index contributed by atoms with van der Waals surface area (Å²) in [5.74, 6) is 2.30. The van der Waals surface area contributed by atoms with E-state index < -0.39 is 0 Å². The molecule has 2 amide bonds. The predicted octanol–water partition coefficient (Wildman–Crippen LogP) is 4.82. The van der Waals surface area contributed by atoms with E-state index in [1.807, 2.05) is 6.92 Å². The Morgan fingerprint density at radius 1 is 1.09 bits per heavy atom. The van der Waals surface area contributed by atoms with Gasteiger partial charge in [-0.2, -0.15) is 0 Å². The first kappa shape index (κ1) is 28.2. The van der Waals surface area contributed by atoms with Gasteiger partial charge in [-0.15, -0.1) is 0 Å². The molecule has 2 atom stereocenters. The minimum Gasteiger partial charge on any atom is -0.488 e. The molecule has 1 fully saturated rings. The number of H-pyrrole nitrogens is 2. The number of benzene rings is 3. The van der Waals surface area contributed by atoms with Crippen LogP contribution in [0.25, 0.3) is 44.5 Å². The number of imidazole rings is 2. The van der Waals surface area contributed by atoms with E-state index in [2.05, 4.69) is 86.8 Å². The number of carbonyl (C=O) groups is 2. The molecule has 2 aliphatic heterocycles. The fourth-order valence-corrected chi connectivity index (χ4v) is 6.58. The zero-order valence-corrected chi connectivity index (χ0v) is 25.7. The molecule has 232 valence electrons. The van der Waals surface area contributed by atoms with Gasteiger partial charge < -0.3 is 24.9 Å². The van der Waals surface area contributed by atoms with Crippen LogP contribution in [-0.2, 0) is 22.7 Å². The number of ether oxygens (including phenoxy) is 1. The number of aromatic nitrogens is 4. The van der Waals surface area contributed by atoms with Gasteiger partial charge in [0.25, 0.3) is 0 Å². The fourth-order valence-electron chi connectivity index (χ4n) is 6.58. The number of nitrogens with zero attached hydrogens (tertiary/aromatic N) is 5. The van der Waals surface area contributed by atoms with Crippen LogP contribution >= 0.6 is 0 Å². The molecule has 4 heterocycles. The Morgan fingerprint density at radius 2 is 1.91 bits per heavy atom. The summed E-state index contributed by atoms with van der Waals surface area (Å²) >= 11 is 0. The van der Waals surface area contributed by atoms with Crippen molar-refractivity contribution in [2.45, 2.75) is 45.1 Å². The van der Waals surface area contributed by atoms with Gasteiger partial charge in [0.1, 0.15) is 24.0 Å². The molecule has 0 bridgehead atoms. The number of hydrogen-bond donors (Lipinski definition) is 3. The highest BCUT2D eigenvalue weighted by atomic mass is 16.5. The van der Waals surface area contributed by atoms with Crippen LogP contribution in [0.4, 0.5) is 0 Å². The molecule has 0 radical (unpaired) electrons. The van der Waals surface area contributed by atoms with Gasteiger partial charge in [-0.3, -0.25) is 19.5 Å². The van der Waals surface area contributed by atoms with E-state index in [4.69, 9.17) is 14.7 Å². The number of rotatable bonds is 10.